The highest BCUT2D eigenvalue weighted by atomic mass is 16.5. The molecule has 0 bridgehead atoms. The van der Waals surface area contributed by atoms with Crippen LogP contribution in [-0.2, 0) is 6.42 Å². The van der Waals surface area contributed by atoms with Crippen LogP contribution in [0.25, 0.3) is 0 Å². The molecule has 2 aromatic carbocycles. The largest absolute Gasteiger partial charge is 0.493 e. The number of aliphatic hydroxyl groups is 1. The fraction of sp³-hybridized carbons (Fsp3) is 0.300. The smallest absolute Gasteiger partial charge is 0.161 e. The first-order valence-electron chi connectivity index (χ1n) is 7.82. The topological polar surface area (TPSA) is 57.2 Å². The van der Waals surface area contributed by atoms with E-state index in [-0.39, 0.29) is 0 Å². The fourth-order valence-corrected chi connectivity index (χ4v) is 2.94. The zero-order chi connectivity index (χ0) is 18.0. The van der Waals surface area contributed by atoms with Crippen molar-refractivity contribution in [3.63, 3.8) is 0 Å². The lowest BCUT2D eigenvalue weighted by atomic mass is 9.91. The summed E-state index contributed by atoms with van der Waals surface area (Å²) in [6.45, 7) is 0. The minimum Gasteiger partial charge on any atom is -0.493 e. The van der Waals surface area contributed by atoms with Crippen molar-refractivity contribution in [2.75, 3.05) is 28.4 Å². The summed E-state index contributed by atoms with van der Waals surface area (Å²) in [7, 11) is 6.31. The van der Waals surface area contributed by atoms with Crippen LogP contribution in [0.5, 0.6) is 23.0 Å². The Kier molecular flexibility index (Phi) is 4.73. The summed E-state index contributed by atoms with van der Waals surface area (Å²) >= 11 is 0. The first-order valence-corrected chi connectivity index (χ1v) is 7.82. The van der Waals surface area contributed by atoms with Gasteiger partial charge in [0.15, 0.2) is 23.0 Å². The maximum absolute atomic E-state index is 10.8. The third kappa shape index (κ3) is 3.09. The number of benzene rings is 2. The molecule has 0 heterocycles. The van der Waals surface area contributed by atoms with Gasteiger partial charge in [-0.3, -0.25) is 0 Å². The lowest BCUT2D eigenvalue weighted by molar-refractivity contribution is 0.177. The van der Waals surface area contributed by atoms with Gasteiger partial charge in [0.1, 0.15) is 0 Å². The van der Waals surface area contributed by atoms with E-state index in [0.29, 0.717) is 40.5 Å². The number of aliphatic hydroxyl groups excluding tert-OH is 1. The molecule has 0 aliphatic heterocycles. The summed E-state index contributed by atoms with van der Waals surface area (Å²) in [5.74, 6) is 8.66. The zero-order valence-electron chi connectivity index (χ0n) is 14.7. The Morgan fingerprint density at radius 1 is 0.760 bits per heavy atom. The van der Waals surface area contributed by atoms with Crippen molar-refractivity contribution in [3.8, 4) is 34.8 Å². The Morgan fingerprint density at radius 2 is 1.24 bits per heavy atom. The maximum atomic E-state index is 10.8. The molecule has 1 aliphatic carbocycles. The van der Waals surface area contributed by atoms with E-state index in [2.05, 4.69) is 11.8 Å². The van der Waals surface area contributed by atoms with E-state index in [4.69, 9.17) is 18.9 Å². The summed E-state index contributed by atoms with van der Waals surface area (Å²) in [6, 6.07) is 7.26. The van der Waals surface area contributed by atoms with Gasteiger partial charge in [0.25, 0.3) is 0 Å². The number of methoxy groups -OCH3 is 4. The lowest BCUT2D eigenvalue weighted by Crippen LogP contribution is -2.09. The fourth-order valence-electron chi connectivity index (χ4n) is 2.94. The Balaban J connectivity index is 2.17. The Hall–Kier alpha value is -2.84. The van der Waals surface area contributed by atoms with Crippen LogP contribution in [0.3, 0.4) is 0 Å². The highest BCUT2D eigenvalue weighted by molar-refractivity contribution is 5.60. The van der Waals surface area contributed by atoms with Crippen molar-refractivity contribution in [2.45, 2.75) is 12.5 Å². The predicted octanol–water partition coefficient (Wildman–Crippen LogP) is 2.71. The molecule has 1 unspecified atom stereocenters. The minimum atomic E-state index is -0.721. The van der Waals surface area contributed by atoms with Gasteiger partial charge in [-0.15, -0.1) is 0 Å². The summed E-state index contributed by atoms with van der Waals surface area (Å²) in [4.78, 5) is 0. The molecule has 0 radical (unpaired) electrons. The highest BCUT2D eigenvalue weighted by Crippen LogP contribution is 2.37. The molecule has 0 saturated carbocycles. The average molecular weight is 340 g/mol. The van der Waals surface area contributed by atoms with E-state index in [1.54, 1.807) is 40.6 Å². The molecule has 5 nitrogen and oxygen atoms in total. The van der Waals surface area contributed by atoms with Gasteiger partial charge in [0.2, 0.25) is 0 Å². The first kappa shape index (κ1) is 17.0. The molecule has 0 spiro atoms. The maximum Gasteiger partial charge on any atom is 0.161 e. The van der Waals surface area contributed by atoms with Gasteiger partial charge in [0, 0.05) is 29.2 Å². The van der Waals surface area contributed by atoms with Crippen LogP contribution in [0.1, 0.15) is 28.4 Å². The van der Waals surface area contributed by atoms with Crippen LogP contribution in [0, 0.1) is 11.8 Å². The van der Waals surface area contributed by atoms with Crippen LogP contribution in [-0.4, -0.2) is 33.5 Å². The minimum absolute atomic E-state index is 0.410. The van der Waals surface area contributed by atoms with Crippen LogP contribution in [0.2, 0.25) is 0 Å². The normalized spacial score (nSPS) is 14.8. The zero-order valence-corrected chi connectivity index (χ0v) is 14.7. The van der Waals surface area contributed by atoms with Crippen molar-refractivity contribution >= 4 is 0 Å². The van der Waals surface area contributed by atoms with Crippen LogP contribution in [0.15, 0.2) is 24.3 Å². The van der Waals surface area contributed by atoms with Crippen LogP contribution in [0.4, 0.5) is 0 Å². The molecule has 3 rings (SSSR count). The monoisotopic (exact) mass is 340 g/mol. The SMILES string of the molecule is COc1cc2c(cc1OC)CC(O)c1cc(OC)c(OC)cc1C#C2. The average Bonchev–Trinajstić information content (AvgIpc) is 2.64. The lowest BCUT2D eigenvalue weighted by Gasteiger charge is -2.20. The molecule has 25 heavy (non-hydrogen) atoms. The Labute approximate surface area is 147 Å². The highest BCUT2D eigenvalue weighted by Gasteiger charge is 2.21. The molecule has 0 aromatic heterocycles. The van der Waals surface area contributed by atoms with Crippen LogP contribution < -0.4 is 18.9 Å². The van der Waals surface area contributed by atoms with Crippen molar-refractivity contribution < 1.29 is 24.1 Å². The number of fused-ring (bicyclic) bond motifs is 2. The van der Waals surface area contributed by atoms with Crippen molar-refractivity contribution in [1.29, 1.82) is 0 Å². The molecule has 0 saturated heterocycles. The van der Waals surface area contributed by atoms with E-state index < -0.39 is 6.10 Å². The second kappa shape index (κ2) is 6.96. The molecule has 2 aromatic rings. The molecular formula is C20H20O5. The summed E-state index contributed by atoms with van der Waals surface area (Å²) in [6.07, 6.45) is -0.311. The predicted molar refractivity (Wildman–Crippen MR) is 93.7 cm³/mol. The summed E-state index contributed by atoms with van der Waals surface area (Å²) in [5, 5.41) is 10.8. The van der Waals surface area contributed by atoms with Gasteiger partial charge in [-0.1, -0.05) is 11.8 Å². The number of rotatable bonds is 4. The third-order valence-corrected chi connectivity index (χ3v) is 4.27. The second-order valence-electron chi connectivity index (χ2n) is 5.63. The van der Waals surface area contributed by atoms with E-state index in [9.17, 15) is 5.11 Å². The van der Waals surface area contributed by atoms with Gasteiger partial charge >= 0.3 is 0 Å². The van der Waals surface area contributed by atoms with Crippen molar-refractivity contribution in [3.05, 3.63) is 46.5 Å². The number of ether oxygens (including phenoxy) is 4. The van der Waals surface area contributed by atoms with Crippen molar-refractivity contribution in [1.82, 2.24) is 0 Å². The number of hydrogen-bond donors (Lipinski definition) is 1. The quantitative estimate of drug-likeness (QED) is 0.868. The van der Waals surface area contributed by atoms with E-state index >= 15 is 0 Å². The van der Waals surface area contributed by atoms with E-state index in [1.165, 1.54) is 0 Å². The molecular weight excluding hydrogens is 320 g/mol. The van der Waals surface area contributed by atoms with Gasteiger partial charge in [-0.05, 0) is 23.8 Å². The molecule has 130 valence electrons. The first-order chi connectivity index (χ1) is 12.1. The van der Waals surface area contributed by atoms with Gasteiger partial charge in [-0.25, -0.2) is 0 Å². The summed E-state index contributed by atoms with van der Waals surface area (Å²) in [5.41, 5.74) is 3.13. The van der Waals surface area contributed by atoms with E-state index in [1.807, 2.05) is 12.1 Å². The summed E-state index contributed by atoms with van der Waals surface area (Å²) < 4.78 is 21.4. The van der Waals surface area contributed by atoms with Crippen LogP contribution >= 0.6 is 0 Å². The molecule has 1 atom stereocenters. The molecule has 1 N–H and O–H groups in total. The third-order valence-electron chi connectivity index (χ3n) is 4.27. The molecule has 1 aliphatic rings. The molecule has 0 amide bonds. The molecule has 0 fully saturated rings. The second-order valence-corrected chi connectivity index (χ2v) is 5.63. The standard InChI is InChI=1S/C20H20O5/c1-22-17-8-12-5-6-13-9-18(23-2)20(25-4)11-15(13)16(21)7-14(12)10-19(17)24-3/h8-11,16,21H,7H2,1-4H3. The number of hydrogen-bond acceptors (Lipinski definition) is 5. The van der Waals surface area contributed by atoms with Gasteiger partial charge in [0.05, 0.1) is 34.5 Å². The molecule has 5 heteroatoms. The van der Waals surface area contributed by atoms with Crippen molar-refractivity contribution in [2.24, 2.45) is 0 Å². The van der Waals surface area contributed by atoms with E-state index in [0.717, 1.165) is 11.1 Å². The Morgan fingerprint density at radius 3 is 1.84 bits per heavy atom. The van der Waals surface area contributed by atoms with Gasteiger partial charge in [-0.2, -0.15) is 0 Å². The Bertz CT molecular complexity index is 861. The van der Waals surface area contributed by atoms with Gasteiger partial charge < -0.3 is 24.1 Å².